The summed E-state index contributed by atoms with van der Waals surface area (Å²) in [4.78, 5) is 9.86. The topological polar surface area (TPSA) is 63.9 Å². The van der Waals surface area contributed by atoms with Crippen molar-refractivity contribution in [3.8, 4) is 17.4 Å². The molecule has 1 aliphatic heterocycles. The van der Waals surface area contributed by atoms with Crippen molar-refractivity contribution in [2.75, 3.05) is 0 Å². The van der Waals surface area contributed by atoms with E-state index in [1.54, 1.807) is 6.07 Å². The van der Waals surface area contributed by atoms with Crippen LogP contribution in [0.5, 0.6) is 17.4 Å². The third-order valence-corrected chi connectivity index (χ3v) is 7.61. The van der Waals surface area contributed by atoms with Crippen molar-refractivity contribution < 1.29 is 14.6 Å². The zero-order valence-electron chi connectivity index (χ0n) is 21.3. The van der Waals surface area contributed by atoms with Gasteiger partial charge in [-0.1, -0.05) is 38.1 Å². The second-order valence-electron chi connectivity index (χ2n) is 10.6. The van der Waals surface area contributed by atoms with Crippen LogP contribution in [0.1, 0.15) is 48.6 Å². The molecule has 1 aliphatic carbocycles. The lowest BCUT2D eigenvalue weighted by atomic mass is 9.73. The summed E-state index contributed by atoms with van der Waals surface area (Å²) >= 11 is 0. The van der Waals surface area contributed by atoms with Crippen LogP contribution in [0.2, 0.25) is 0 Å². The lowest BCUT2D eigenvalue weighted by molar-refractivity contribution is 0.0164. The molecule has 1 aromatic heterocycles. The standard InChI is InChI=1S/C31H30N2O3/c1-18(2)31-25-9-7-6-8-22(25)17-30(31,5)36-29(33-31)23-13-19(3)14-24(16-23)35-27-11-10-21-12-20(4)15-26(34)28(21)32-27/h6-16,18,34H,17H2,1-5H3/t30-,31+/m1/s1. The van der Waals surface area contributed by atoms with Gasteiger partial charge in [-0.3, -0.25) is 0 Å². The van der Waals surface area contributed by atoms with E-state index in [1.165, 1.54) is 11.1 Å². The second-order valence-corrected chi connectivity index (χ2v) is 10.6. The zero-order chi connectivity index (χ0) is 25.2. The number of pyridine rings is 1. The van der Waals surface area contributed by atoms with Gasteiger partial charge in [0.05, 0.1) is 0 Å². The number of aryl methyl sites for hydroxylation is 2. The molecule has 5 heteroatoms. The number of fused-ring (bicyclic) bond motifs is 4. The van der Waals surface area contributed by atoms with Crippen LogP contribution in [-0.2, 0) is 16.7 Å². The van der Waals surface area contributed by atoms with Crippen molar-refractivity contribution in [1.82, 2.24) is 4.98 Å². The number of nitrogens with zero attached hydrogens (tertiary/aromatic N) is 2. The zero-order valence-corrected chi connectivity index (χ0v) is 21.3. The predicted molar refractivity (Wildman–Crippen MR) is 142 cm³/mol. The van der Waals surface area contributed by atoms with Gasteiger partial charge in [-0.2, -0.15) is 0 Å². The number of benzene rings is 3. The maximum Gasteiger partial charge on any atom is 0.219 e. The molecule has 0 fully saturated rings. The molecule has 0 spiro atoms. The van der Waals surface area contributed by atoms with E-state index < -0.39 is 11.1 Å². The summed E-state index contributed by atoms with van der Waals surface area (Å²) in [6.45, 7) is 10.6. The monoisotopic (exact) mass is 478 g/mol. The molecule has 2 atom stereocenters. The van der Waals surface area contributed by atoms with Crippen LogP contribution in [0.15, 0.2) is 71.7 Å². The molecule has 0 bridgehead atoms. The number of rotatable bonds is 4. The van der Waals surface area contributed by atoms with Crippen LogP contribution in [0, 0.1) is 19.8 Å². The number of phenolic OH excluding ortho intramolecular Hbond substituents is 1. The Balaban J connectivity index is 1.39. The molecule has 3 aromatic carbocycles. The molecule has 182 valence electrons. The Morgan fingerprint density at radius 3 is 2.56 bits per heavy atom. The van der Waals surface area contributed by atoms with Crippen LogP contribution < -0.4 is 4.74 Å². The Kier molecular flexibility index (Phi) is 4.91. The Hall–Kier alpha value is -3.86. The van der Waals surface area contributed by atoms with Crippen molar-refractivity contribution in [2.24, 2.45) is 10.9 Å². The summed E-state index contributed by atoms with van der Waals surface area (Å²) < 4.78 is 12.9. The summed E-state index contributed by atoms with van der Waals surface area (Å²) in [5.74, 6) is 2.13. The van der Waals surface area contributed by atoms with Crippen LogP contribution in [0.4, 0.5) is 0 Å². The average Bonchev–Trinajstić information content (AvgIpc) is 3.26. The van der Waals surface area contributed by atoms with Gasteiger partial charge in [0.1, 0.15) is 28.2 Å². The predicted octanol–water partition coefficient (Wildman–Crippen LogP) is 6.99. The van der Waals surface area contributed by atoms with Gasteiger partial charge in [0, 0.05) is 23.4 Å². The van der Waals surface area contributed by atoms with Crippen LogP contribution in [-0.4, -0.2) is 21.6 Å². The lowest BCUT2D eigenvalue weighted by Crippen LogP contribution is -2.47. The van der Waals surface area contributed by atoms with Crippen LogP contribution in [0.3, 0.4) is 0 Å². The Morgan fingerprint density at radius 1 is 0.972 bits per heavy atom. The van der Waals surface area contributed by atoms with E-state index in [1.807, 2.05) is 44.2 Å². The quantitative estimate of drug-likeness (QED) is 0.343. The molecule has 0 saturated heterocycles. The second kappa shape index (κ2) is 7.82. The number of aliphatic imine (C=N–C) groups is 1. The fraction of sp³-hybridized carbons (Fsp3) is 0.290. The summed E-state index contributed by atoms with van der Waals surface area (Å²) in [6, 6.07) is 22.0. The average molecular weight is 479 g/mol. The van der Waals surface area contributed by atoms with Gasteiger partial charge < -0.3 is 14.6 Å². The maximum atomic E-state index is 10.4. The largest absolute Gasteiger partial charge is 0.506 e. The summed E-state index contributed by atoms with van der Waals surface area (Å²) in [6.07, 6.45) is 0.827. The number of aromatic hydroxyl groups is 1. The first-order valence-corrected chi connectivity index (χ1v) is 12.5. The van der Waals surface area contributed by atoms with Crippen molar-refractivity contribution in [1.29, 1.82) is 0 Å². The fourth-order valence-electron chi connectivity index (χ4n) is 6.14. The highest BCUT2D eigenvalue weighted by atomic mass is 16.5. The minimum Gasteiger partial charge on any atom is -0.506 e. The van der Waals surface area contributed by atoms with Crippen LogP contribution in [0.25, 0.3) is 10.9 Å². The number of ether oxygens (including phenoxy) is 2. The molecule has 0 amide bonds. The third-order valence-electron chi connectivity index (χ3n) is 7.61. The first-order valence-electron chi connectivity index (χ1n) is 12.5. The van der Waals surface area contributed by atoms with E-state index in [9.17, 15) is 5.11 Å². The van der Waals surface area contributed by atoms with Gasteiger partial charge in [0.15, 0.2) is 0 Å². The highest BCUT2D eigenvalue weighted by Crippen LogP contribution is 2.57. The summed E-state index contributed by atoms with van der Waals surface area (Å²) in [5.41, 5.74) is 5.12. The molecule has 6 rings (SSSR count). The molecule has 2 aliphatic rings. The summed E-state index contributed by atoms with van der Waals surface area (Å²) in [7, 11) is 0. The van der Waals surface area contributed by atoms with E-state index in [2.05, 4.69) is 56.1 Å². The van der Waals surface area contributed by atoms with Crippen LogP contribution >= 0.6 is 0 Å². The first kappa shape index (κ1) is 22.6. The molecular formula is C31H30N2O3. The molecule has 0 radical (unpaired) electrons. The number of phenols is 1. The molecule has 0 saturated carbocycles. The lowest BCUT2D eigenvalue weighted by Gasteiger charge is -2.38. The molecule has 1 N–H and O–H groups in total. The highest BCUT2D eigenvalue weighted by Gasteiger charge is 2.62. The number of aromatic nitrogens is 1. The van der Waals surface area contributed by atoms with Crippen molar-refractivity contribution >= 4 is 16.8 Å². The molecule has 4 aromatic rings. The SMILES string of the molecule is Cc1cc(Oc2ccc3cc(C)cc(O)c3n2)cc(C2=N[C@@]3(C(C)C)c4ccccc4C[C@@]3(C)O2)c1. The van der Waals surface area contributed by atoms with Gasteiger partial charge in [0.2, 0.25) is 11.8 Å². The smallest absolute Gasteiger partial charge is 0.219 e. The first-order chi connectivity index (χ1) is 17.2. The van der Waals surface area contributed by atoms with Crippen molar-refractivity contribution in [3.63, 3.8) is 0 Å². The Labute approximate surface area is 211 Å². The van der Waals surface area contributed by atoms with E-state index in [4.69, 9.17) is 14.5 Å². The fourth-order valence-corrected chi connectivity index (χ4v) is 6.14. The Bertz CT molecular complexity index is 1560. The minimum absolute atomic E-state index is 0.146. The van der Waals surface area contributed by atoms with Gasteiger partial charge in [0.25, 0.3) is 0 Å². The normalized spacial score (nSPS) is 22.3. The van der Waals surface area contributed by atoms with Crippen molar-refractivity contribution in [2.45, 2.75) is 52.2 Å². The molecule has 0 unspecified atom stereocenters. The van der Waals surface area contributed by atoms with E-state index in [0.29, 0.717) is 23.0 Å². The molecule has 2 heterocycles. The van der Waals surface area contributed by atoms with Gasteiger partial charge in [-0.05, 0) is 85.3 Å². The third kappa shape index (κ3) is 3.29. The minimum atomic E-state index is -0.444. The van der Waals surface area contributed by atoms with E-state index in [-0.39, 0.29) is 11.7 Å². The maximum absolute atomic E-state index is 10.4. The van der Waals surface area contributed by atoms with Gasteiger partial charge in [-0.15, -0.1) is 0 Å². The van der Waals surface area contributed by atoms with Gasteiger partial charge >= 0.3 is 0 Å². The Morgan fingerprint density at radius 2 is 1.75 bits per heavy atom. The number of hydrogen-bond acceptors (Lipinski definition) is 5. The van der Waals surface area contributed by atoms with Gasteiger partial charge in [-0.25, -0.2) is 9.98 Å². The molecule has 5 nitrogen and oxygen atoms in total. The van der Waals surface area contributed by atoms with E-state index >= 15 is 0 Å². The number of hydrogen-bond donors (Lipinski definition) is 1. The highest BCUT2D eigenvalue weighted by molar-refractivity contribution is 5.97. The van der Waals surface area contributed by atoms with E-state index in [0.717, 1.165) is 28.5 Å². The summed E-state index contributed by atoms with van der Waals surface area (Å²) in [5, 5.41) is 11.2. The molecular weight excluding hydrogens is 448 g/mol. The molecule has 36 heavy (non-hydrogen) atoms. The van der Waals surface area contributed by atoms with Crippen molar-refractivity contribution in [3.05, 3.63) is 94.5 Å².